The molecule has 20 heavy (non-hydrogen) atoms. The van der Waals surface area contributed by atoms with Gasteiger partial charge in [0.2, 0.25) is 0 Å². The molecular weight excluding hydrogens is 254 g/mol. The van der Waals surface area contributed by atoms with Crippen molar-refractivity contribution in [3.63, 3.8) is 0 Å². The first-order chi connectivity index (χ1) is 9.58. The predicted molar refractivity (Wildman–Crippen MR) is 80.7 cm³/mol. The van der Waals surface area contributed by atoms with Gasteiger partial charge in [-0.25, -0.2) is 15.8 Å². The summed E-state index contributed by atoms with van der Waals surface area (Å²) in [6, 6.07) is 0. The van der Waals surface area contributed by atoms with E-state index in [4.69, 9.17) is 10.6 Å². The second-order valence-electron chi connectivity index (χ2n) is 5.74. The summed E-state index contributed by atoms with van der Waals surface area (Å²) in [6.07, 6.45) is 2.91. The van der Waals surface area contributed by atoms with Gasteiger partial charge < -0.3 is 15.1 Å². The number of hydrazine groups is 1. The van der Waals surface area contributed by atoms with Crippen LogP contribution in [0, 0.1) is 5.92 Å². The third-order valence-electron chi connectivity index (χ3n) is 4.07. The zero-order chi connectivity index (χ0) is 14.7. The molecule has 0 saturated carbocycles. The van der Waals surface area contributed by atoms with Crippen LogP contribution in [-0.4, -0.2) is 36.3 Å². The molecule has 0 radical (unpaired) electrons. The lowest BCUT2D eigenvalue weighted by Crippen LogP contribution is -2.44. The summed E-state index contributed by atoms with van der Waals surface area (Å²) in [6.45, 7) is 8.34. The van der Waals surface area contributed by atoms with Gasteiger partial charge in [-0.3, -0.25) is 0 Å². The number of nitrogens with two attached hydrogens (primary N) is 1. The lowest BCUT2D eigenvalue weighted by atomic mass is 9.94. The molecular formula is C14H25N5O. The summed E-state index contributed by atoms with van der Waals surface area (Å²) in [7, 11) is 1.78. The van der Waals surface area contributed by atoms with Crippen LogP contribution in [0.2, 0.25) is 0 Å². The van der Waals surface area contributed by atoms with Crippen LogP contribution in [0.15, 0.2) is 6.33 Å². The summed E-state index contributed by atoms with van der Waals surface area (Å²) in [5, 5.41) is 0. The highest BCUT2D eigenvalue weighted by Gasteiger charge is 2.29. The predicted octanol–water partition coefficient (Wildman–Crippen LogP) is 1.75. The fraction of sp³-hybridized carbons (Fsp3) is 0.714. The van der Waals surface area contributed by atoms with Crippen molar-refractivity contribution in [2.24, 2.45) is 11.8 Å². The number of hydrogen-bond donors (Lipinski definition) is 2. The zero-order valence-corrected chi connectivity index (χ0v) is 12.8. The van der Waals surface area contributed by atoms with Crippen molar-refractivity contribution in [3.8, 4) is 0 Å². The van der Waals surface area contributed by atoms with Crippen molar-refractivity contribution >= 4 is 11.6 Å². The standard InChI is InChI=1S/C14H25N5O/c1-9(2)12-13(18-15)16-8-17-14(12)19-6-5-10(3)11(7-19)20-4/h8-11H,5-7,15H2,1-4H3,(H,16,17,18). The van der Waals surface area contributed by atoms with Gasteiger partial charge in [-0.05, 0) is 18.3 Å². The Labute approximate surface area is 120 Å². The number of aromatic nitrogens is 2. The molecule has 1 aliphatic rings. The largest absolute Gasteiger partial charge is 0.379 e. The number of nitrogens with one attached hydrogen (secondary N) is 1. The van der Waals surface area contributed by atoms with Gasteiger partial charge in [-0.2, -0.15) is 0 Å². The number of anilines is 2. The van der Waals surface area contributed by atoms with Crippen LogP contribution < -0.4 is 16.2 Å². The normalized spacial score (nSPS) is 23.2. The van der Waals surface area contributed by atoms with Crippen LogP contribution in [0.3, 0.4) is 0 Å². The van der Waals surface area contributed by atoms with E-state index in [-0.39, 0.29) is 6.10 Å². The van der Waals surface area contributed by atoms with Gasteiger partial charge >= 0.3 is 0 Å². The van der Waals surface area contributed by atoms with E-state index >= 15 is 0 Å². The Kier molecular flexibility index (Phi) is 4.77. The third kappa shape index (κ3) is 2.86. The summed E-state index contributed by atoms with van der Waals surface area (Å²) in [4.78, 5) is 11.0. The average Bonchev–Trinajstić information content (AvgIpc) is 2.46. The van der Waals surface area contributed by atoms with E-state index in [1.807, 2.05) is 0 Å². The average molecular weight is 279 g/mol. The first kappa shape index (κ1) is 15.0. The Morgan fingerprint density at radius 3 is 2.80 bits per heavy atom. The van der Waals surface area contributed by atoms with Crippen molar-refractivity contribution in [2.45, 2.75) is 39.2 Å². The number of nitrogens with zero attached hydrogens (tertiary/aromatic N) is 3. The van der Waals surface area contributed by atoms with Gasteiger partial charge in [0.05, 0.1) is 6.10 Å². The maximum atomic E-state index is 5.59. The maximum absolute atomic E-state index is 5.59. The van der Waals surface area contributed by atoms with Crippen molar-refractivity contribution in [2.75, 3.05) is 30.5 Å². The molecule has 1 aromatic rings. The first-order valence-electron chi connectivity index (χ1n) is 7.17. The van der Waals surface area contributed by atoms with E-state index in [1.54, 1.807) is 13.4 Å². The second-order valence-corrected chi connectivity index (χ2v) is 5.74. The summed E-state index contributed by atoms with van der Waals surface area (Å²) >= 11 is 0. The summed E-state index contributed by atoms with van der Waals surface area (Å²) in [5.74, 6) is 8.13. The van der Waals surface area contributed by atoms with Crippen molar-refractivity contribution in [3.05, 3.63) is 11.9 Å². The molecule has 2 heterocycles. The Bertz CT molecular complexity index is 451. The smallest absolute Gasteiger partial charge is 0.148 e. The Morgan fingerprint density at radius 1 is 1.45 bits per heavy atom. The van der Waals surface area contributed by atoms with Gasteiger partial charge in [0.25, 0.3) is 0 Å². The van der Waals surface area contributed by atoms with Crippen LogP contribution in [0.5, 0.6) is 0 Å². The van der Waals surface area contributed by atoms with E-state index in [2.05, 4.69) is 41.1 Å². The first-order valence-corrected chi connectivity index (χ1v) is 7.17. The van der Waals surface area contributed by atoms with E-state index in [9.17, 15) is 0 Å². The fourth-order valence-corrected chi connectivity index (χ4v) is 2.82. The Hall–Kier alpha value is -1.40. The molecule has 0 amide bonds. The highest BCUT2D eigenvalue weighted by atomic mass is 16.5. The Morgan fingerprint density at radius 2 is 2.20 bits per heavy atom. The molecule has 1 saturated heterocycles. The molecule has 2 rings (SSSR count). The molecule has 1 aromatic heterocycles. The number of ether oxygens (including phenoxy) is 1. The maximum Gasteiger partial charge on any atom is 0.148 e. The van der Waals surface area contributed by atoms with Gasteiger partial charge in [0.15, 0.2) is 0 Å². The fourth-order valence-electron chi connectivity index (χ4n) is 2.82. The molecule has 1 fully saturated rings. The molecule has 2 unspecified atom stereocenters. The number of hydrogen-bond acceptors (Lipinski definition) is 6. The van der Waals surface area contributed by atoms with Gasteiger partial charge in [0, 0.05) is 25.8 Å². The SMILES string of the molecule is COC1CN(c2ncnc(NN)c2C(C)C)CCC1C. The molecule has 0 bridgehead atoms. The molecule has 112 valence electrons. The highest BCUT2D eigenvalue weighted by Crippen LogP contribution is 2.33. The summed E-state index contributed by atoms with van der Waals surface area (Å²) < 4.78 is 5.59. The van der Waals surface area contributed by atoms with Crippen LogP contribution >= 0.6 is 0 Å². The lowest BCUT2D eigenvalue weighted by molar-refractivity contribution is 0.0496. The third-order valence-corrected chi connectivity index (χ3v) is 4.07. The Balaban J connectivity index is 2.32. The molecule has 0 aliphatic carbocycles. The zero-order valence-electron chi connectivity index (χ0n) is 12.8. The molecule has 0 spiro atoms. The van der Waals surface area contributed by atoms with Crippen LogP contribution in [-0.2, 0) is 4.74 Å². The van der Waals surface area contributed by atoms with Crippen LogP contribution in [0.1, 0.15) is 38.7 Å². The number of rotatable bonds is 4. The molecule has 3 N–H and O–H groups in total. The minimum atomic E-state index is 0.244. The van der Waals surface area contributed by atoms with Crippen LogP contribution in [0.25, 0.3) is 0 Å². The van der Waals surface area contributed by atoms with E-state index in [0.29, 0.717) is 17.7 Å². The molecule has 0 aromatic carbocycles. The van der Waals surface area contributed by atoms with Gasteiger partial charge in [0.1, 0.15) is 18.0 Å². The minimum Gasteiger partial charge on any atom is -0.379 e. The topological polar surface area (TPSA) is 76.3 Å². The second kappa shape index (κ2) is 6.37. The van der Waals surface area contributed by atoms with E-state index < -0.39 is 0 Å². The van der Waals surface area contributed by atoms with Gasteiger partial charge in [-0.1, -0.05) is 20.8 Å². The molecule has 2 atom stereocenters. The lowest BCUT2D eigenvalue weighted by Gasteiger charge is -2.38. The number of methoxy groups -OCH3 is 1. The summed E-state index contributed by atoms with van der Waals surface area (Å²) in [5.41, 5.74) is 3.75. The highest BCUT2D eigenvalue weighted by molar-refractivity contribution is 5.60. The molecule has 6 nitrogen and oxygen atoms in total. The minimum absolute atomic E-state index is 0.244. The molecule has 6 heteroatoms. The van der Waals surface area contributed by atoms with Crippen LogP contribution in [0.4, 0.5) is 11.6 Å². The monoisotopic (exact) mass is 279 g/mol. The van der Waals surface area contributed by atoms with E-state index in [1.165, 1.54) is 0 Å². The quantitative estimate of drug-likeness (QED) is 0.646. The van der Waals surface area contributed by atoms with E-state index in [0.717, 1.165) is 30.9 Å². The number of nitrogen functional groups attached to an aromatic ring is 1. The van der Waals surface area contributed by atoms with Crippen molar-refractivity contribution in [1.29, 1.82) is 0 Å². The van der Waals surface area contributed by atoms with Crippen molar-refractivity contribution < 1.29 is 4.74 Å². The van der Waals surface area contributed by atoms with Crippen molar-refractivity contribution in [1.82, 2.24) is 9.97 Å². The molecule has 1 aliphatic heterocycles. The number of piperidine rings is 1. The van der Waals surface area contributed by atoms with Gasteiger partial charge in [-0.15, -0.1) is 0 Å².